The van der Waals surface area contributed by atoms with Gasteiger partial charge in [-0.2, -0.15) is 5.10 Å². The number of hydrogen-bond acceptors (Lipinski definition) is 6. The van der Waals surface area contributed by atoms with Crippen LogP contribution in [0, 0.1) is 0 Å². The highest BCUT2D eigenvalue weighted by Crippen LogP contribution is 2.28. The average Bonchev–Trinajstić information content (AvgIpc) is 3.35. The molecule has 3 aromatic rings. The van der Waals surface area contributed by atoms with Crippen molar-refractivity contribution in [1.82, 2.24) is 25.0 Å². The fraction of sp³-hybridized carbons (Fsp3) is 0.400. The molecule has 0 aliphatic heterocycles. The molecule has 8 heteroatoms. The summed E-state index contributed by atoms with van der Waals surface area (Å²) in [6.45, 7) is 8.04. The first kappa shape index (κ1) is 24.3. The fourth-order valence-corrected chi connectivity index (χ4v) is 3.52. The van der Waals surface area contributed by atoms with Gasteiger partial charge in [-0.05, 0) is 69.6 Å². The van der Waals surface area contributed by atoms with Crippen molar-refractivity contribution in [3.05, 3.63) is 66.2 Å². The van der Waals surface area contributed by atoms with Crippen LogP contribution in [0.4, 0.5) is 0 Å². The van der Waals surface area contributed by atoms with E-state index in [1.165, 1.54) is 6.33 Å². The van der Waals surface area contributed by atoms with Crippen LogP contribution in [0.3, 0.4) is 0 Å². The van der Waals surface area contributed by atoms with Crippen molar-refractivity contribution in [3.8, 4) is 17.2 Å². The monoisotopic (exact) mass is 451 g/mol. The van der Waals surface area contributed by atoms with Gasteiger partial charge in [0.25, 0.3) is 0 Å². The van der Waals surface area contributed by atoms with Crippen molar-refractivity contribution in [2.45, 2.75) is 33.2 Å². The molecular formula is C25H33N5O3. The van der Waals surface area contributed by atoms with Crippen LogP contribution in [0.25, 0.3) is 5.69 Å². The molecule has 0 bridgehead atoms. The summed E-state index contributed by atoms with van der Waals surface area (Å²) >= 11 is 0. The molecule has 1 amide bonds. The molecule has 0 spiro atoms. The molecule has 1 atom stereocenters. The number of aromatic nitrogens is 3. The van der Waals surface area contributed by atoms with Crippen LogP contribution in [0.1, 0.15) is 37.9 Å². The lowest BCUT2D eigenvalue weighted by Crippen LogP contribution is -2.37. The van der Waals surface area contributed by atoms with Crippen LogP contribution in [-0.2, 0) is 11.2 Å². The predicted octanol–water partition coefficient (Wildman–Crippen LogP) is 3.42. The van der Waals surface area contributed by atoms with E-state index in [9.17, 15) is 4.79 Å². The van der Waals surface area contributed by atoms with Gasteiger partial charge in [-0.15, -0.1) is 0 Å². The highest BCUT2D eigenvalue weighted by atomic mass is 16.5. The Morgan fingerprint density at radius 2 is 1.82 bits per heavy atom. The first-order valence-corrected chi connectivity index (χ1v) is 11.3. The second-order valence-corrected chi connectivity index (χ2v) is 7.77. The first-order valence-electron chi connectivity index (χ1n) is 11.3. The van der Waals surface area contributed by atoms with E-state index in [-0.39, 0.29) is 11.9 Å². The lowest BCUT2D eigenvalue weighted by atomic mass is 10.1. The number of carbonyl (C=O) groups excluding carboxylic acids is 1. The summed E-state index contributed by atoms with van der Waals surface area (Å²) in [7, 11) is 1.95. The number of nitrogens with one attached hydrogen (secondary N) is 1. The van der Waals surface area contributed by atoms with Gasteiger partial charge in [-0.1, -0.05) is 18.2 Å². The Hall–Kier alpha value is -3.39. The van der Waals surface area contributed by atoms with E-state index in [4.69, 9.17) is 9.47 Å². The van der Waals surface area contributed by atoms with Gasteiger partial charge in [0.05, 0.1) is 25.4 Å². The van der Waals surface area contributed by atoms with Gasteiger partial charge in [0.2, 0.25) is 5.91 Å². The van der Waals surface area contributed by atoms with E-state index in [0.717, 1.165) is 34.7 Å². The van der Waals surface area contributed by atoms with Crippen LogP contribution < -0.4 is 14.8 Å². The molecule has 0 radical (unpaired) electrons. The summed E-state index contributed by atoms with van der Waals surface area (Å²) < 4.78 is 13.0. The molecule has 33 heavy (non-hydrogen) atoms. The van der Waals surface area contributed by atoms with Gasteiger partial charge in [-0.25, -0.2) is 9.67 Å². The van der Waals surface area contributed by atoms with Crippen LogP contribution in [-0.4, -0.2) is 58.9 Å². The molecule has 3 rings (SSSR count). The van der Waals surface area contributed by atoms with Gasteiger partial charge >= 0.3 is 0 Å². The molecule has 176 valence electrons. The number of ether oxygens (including phenoxy) is 2. The maximum atomic E-state index is 12.5. The molecule has 1 aromatic heterocycles. The van der Waals surface area contributed by atoms with Gasteiger partial charge in [0.1, 0.15) is 12.7 Å². The molecule has 1 heterocycles. The summed E-state index contributed by atoms with van der Waals surface area (Å²) in [5.41, 5.74) is 3.18. The van der Waals surface area contributed by atoms with Crippen molar-refractivity contribution >= 4 is 5.91 Å². The molecule has 0 aliphatic rings. The standard InChI is InChI=1S/C25H33N5O3/c1-5-32-23-12-7-20(15-24(23)33-6-2)13-14-27-25(31)16-29(4)19(3)21-8-10-22(11-9-21)30-18-26-17-28-30/h7-12,15,17-19H,5-6,13-14,16H2,1-4H3,(H,27,31). The number of likely N-dealkylation sites (N-methyl/N-ethyl adjacent to an activating group) is 1. The lowest BCUT2D eigenvalue weighted by Gasteiger charge is -2.24. The molecule has 0 saturated heterocycles. The second-order valence-electron chi connectivity index (χ2n) is 7.77. The molecule has 0 saturated carbocycles. The van der Waals surface area contributed by atoms with E-state index < -0.39 is 0 Å². The zero-order chi connectivity index (χ0) is 23.6. The summed E-state index contributed by atoms with van der Waals surface area (Å²) in [5.74, 6) is 1.49. The van der Waals surface area contributed by atoms with Crippen LogP contribution in [0.5, 0.6) is 11.5 Å². The highest BCUT2D eigenvalue weighted by molar-refractivity contribution is 5.78. The lowest BCUT2D eigenvalue weighted by molar-refractivity contribution is -0.122. The third kappa shape index (κ3) is 6.79. The molecule has 1 N–H and O–H groups in total. The maximum absolute atomic E-state index is 12.5. The number of amides is 1. The van der Waals surface area contributed by atoms with Crippen molar-refractivity contribution < 1.29 is 14.3 Å². The Kier molecular flexibility index (Phi) is 8.83. The normalized spacial score (nSPS) is 11.9. The molecule has 8 nitrogen and oxygen atoms in total. The van der Waals surface area contributed by atoms with Crippen LogP contribution in [0.15, 0.2) is 55.1 Å². The third-order valence-corrected chi connectivity index (χ3v) is 5.46. The summed E-state index contributed by atoms with van der Waals surface area (Å²) in [6.07, 6.45) is 3.90. The largest absolute Gasteiger partial charge is 0.490 e. The molecule has 0 fully saturated rings. The van der Waals surface area contributed by atoms with Gasteiger partial charge < -0.3 is 14.8 Å². The second kappa shape index (κ2) is 12.0. The van der Waals surface area contributed by atoms with Crippen LogP contribution >= 0.6 is 0 Å². The van der Waals surface area contributed by atoms with Crippen molar-refractivity contribution in [2.24, 2.45) is 0 Å². The number of rotatable bonds is 12. The molecule has 2 aromatic carbocycles. The zero-order valence-electron chi connectivity index (χ0n) is 19.8. The summed E-state index contributed by atoms with van der Waals surface area (Å²) in [6, 6.07) is 14.1. The smallest absolute Gasteiger partial charge is 0.234 e. The van der Waals surface area contributed by atoms with E-state index >= 15 is 0 Å². The molecular weight excluding hydrogens is 418 g/mol. The van der Waals surface area contributed by atoms with Crippen molar-refractivity contribution in [1.29, 1.82) is 0 Å². The fourth-order valence-electron chi connectivity index (χ4n) is 3.52. The topological polar surface area (TPSA) is 81.5 Å². The Morgan fingerprint density at radius 1 is 1.09 bits per heavy atom. The van der Waals surface area contributed by atoms with E-state index in [2.05, 4.69) is 34.5 Å². The quantitative estimate of drug-likeness (QED) is 0.454. The Labute approximate surface area is 195 Å². The number of carbonyl (C=O) groups is 1. The minimum atomic E-state index is -0.000413. The van der Waals surface area contributed by atoms with Crippen molar-refractivity contribution in [2.75, 3.05) is 33.4 Å². The van der Waals surface area contributed by atoms with Gasteiger partial charge in [0.15, 0.2) is 11.5 Å². The summed E-state index contributed by atoms with van der Waals surface area (Å²) in [4.78, 5) is 18.5. The number of benzene rings is 2. The predicted molar refractivity (Wildman–Crippen MR) is 128 cm³/mol. The minimum Gasteiger partial charge on any atom is -0.490 e. The third-order valence-electron chi connectivity index (χ3n) is 5.46. The van der Waals surface area contributed by atoms with Crippen molar-refractivity contribution in [3.63, 3.8) is 0 Å². The number of nitrogens with zero attached hydrogens (tertiary/aromatic N) is 4. The van der Waals surface area contributed by atoms with E-state index in [0.29, 0.717) is 26.3 Å². The maximum Gasteiger partial charge on any atom is 0.234 e. The first-order chi connectivity index (χ1) is 16.0. The SMILES string of the molecule is CCOc1ccc(CCNC(=O)CN(C)C(C)c2ccc(-n3cncn3)cc2)cc1OCC. The van der Waals surface area contributed by atoms with Crippen LogP contribution in [0.2, 0.25) is 0 Å². The molecule has 1 unspecified atom stereocenters. The Bertz CT molecular complexity index is 1010. The minimum absolute atomic E-state index is 0.000413. The Morgan fingerprint density at radius 3 is 2.48 bits per heavy atom. The average molecular weight is 452 g/mol. The Balaban J connectivity index is 1.47. The van der Waals surface area contributed by atoms with E-state index in [1.54, 1.807) is 11.0 Å². The highest BCUT2D eigenvalue weighted by Gasteiger charge is 2.15. The zero-order valence-corrected chi connectivity index (χ0v) is 19.8. The van der Waals surface area contributed by atoms with Gasteiger partial charge in [-0.3, -0.25) is 9.69 Å². The van der Waals surface area contributed by atoms with Gasteiger partial charge in [0, 0.05) is 12.6 Å². The number of hydrogen-bond donors (Lipinski definition) is 1. The van der Waals surface area contributed by atoms with E-state index in [1.807, 2.05) is 56.1 Å². The molecule has 0 aliphatic carbocycles. The summed E-state index contributed by atoms with van der Waals surface area (Å²) in [5, 5.41) is 7.16.